The van der Waals surface area contributed by atoms with Crippen LogP contribution in [0.5, 0.6) is 0 Å². The van der Waals surface area contributed by atoms with Crippen molar-refractivity contribution in [3.8, 4) is 0 Å². The molecule has 0 saturated carbocycles. The van der Waals surface area contributed by atoms with Crippen LogP contribution < -0.4 is 31.4 Å². The normalized spacial score (nSPS) is 11.0. The minimum Gasteiger partial charge on any atom is -0.399 e. The largest absolute Gasteiger partial charge is 0.399 e. The van der Waals surface area contributed by atoms with Crippen molar-refractivity contribution in [2.45, 2.75) is 21.6 Å². The number of hydrogen-bond donors (Lipinski definition) is 6. The average molecular weight is 746 g/mol. The molecule has 49 heavy (non-hydrogen) atoms. The molecule has 5 rings (SSSR count). The number of carbonyl (C=O) groups is 2. The molecule has 0 aliphatic heterocycles. The lowest BCUT2D eigenvalue weighted by molar-refractivity contribution is -0.117. The van der Waals surface area contributed by atoms with Gasteiger partial charge in [-0.05, 0) is 84.9 Å². The summed E-state index contributed by atoms with van der Waals surface area (Å²) in [6.07, 6.45) is 1.53. The number of amides is 2. The molecule has 258 valence electrons. The number of hydrogen-bond acceptors (Lipinski definition) is 13. The fourth-order valence-electron chi connectivity index (χ4n) is 3.47. The number of nitrogen functional groups attached to an aromatic ring is 3. The Kier molecular flexibility index (Phi) is 12.8. The summed E-state index contributed by atoms with van der Waals surface area (Å²) in [5.41, 5.74) is 18.1. The summed E-state index contributed by atoms with van der Waals surface area (Å²) in [4.78, 5) is 26.4. The number of thiazole rings is 1. The Balaban J connectivity index is 0.000000202. The number of nitrogens with zero attached hydrogens (tertiary/aromatic N) is 1. The van der Waals surface area contributed by atoms with Crippen LogP contribution in [0.4, 0.5) is 22.2 Å². The molecule has 4 aromatic carbocycles. The Labute approximate surface area is 287 Å². The number of anilines is 4. The van der Waals surface area contributed by atoms with E-state index in [0.717, 1.165) is 6.92 Å². The van der Waals surface area contributed by atoms with Crippen molar-refractivity contribution in [3.63, 3.8) is 0 Å². The first kappa shape index (κ1) is 38.0. The number of rotatable bonds is 8. The number of nitrogens with one attached hydrogen (secondary N) is 3. The molecule has 0 fully saturated rings. The number of sulfonamides is 3. The van der Waals surface area contributed by atoms with Gasteiger partial charge in [-0.15, -0.1) is 11.3 Å². The van der Waals surface area contributed by atoms with Crippen LogP contribution >= 0.6 is 11.3 Å². The highest BCUT2D eigenvalue weighted by molar-refractivity contribution is 7.93. The molecule has 0 aliphatic rings. The fraction of sp³-hybridized carbons (Fsp3) is 0.0333. The predicted molar refractivity (Wildman–Crippen MR) is 188 cm³/mol. The van der Waals surface area contributed by atoms with Crippen LogP contribution in [0.15, 0.2) is 129 Å². The zero-order valence-electron chi connectivity index (χ0n) is 25.5. The molecule has 0 atom stereocenters. The maximum Gasteiger partial charge on any atom is 0.264 e. The van der Waals surface area contributed by atoms with Gasteiger partial charge < -0.3 is 17.2 Å². The lowest BCUT2D eigenvalue weighted by Gasteiger charge is -2.07. The van der Waals surface area contributed by atoms with Crippen molar-refractivity contribution in [2.24, 2.45) is 0 Å². The molecular formula is C30H31N7O8S4. The van der Waals surface area contributed by atoms with E-state index in [1.54, 1.807) is 23.6 Å². The Morgan fingerprint density at radius 3 is 1.39 bits per heavy atom. The minimum absolute atomic E-state index is 0.00835. The molecule has 0 unspecified atom stereocenters. The van der Waals surface area contributed by atoms with Gasteiger partial charge in [0.25, 0.3) is 36.0 Å². The van der Waals surface area contributed by atoms with Gasteiger partial charge in [-0.25, -0.2) is 39.7 Å². The lowest BCUT2D eigenvalue weighted by Crippen LogP contribution is -2.30. The van der Waals surface area contributed by atoms with Crippen LogP contribution in [0.2, 0.25) is 0 Å². The van der Waals surface area contributed by atoms with E-state index in [4.69, 9.17) is 17.2 Å². The Hall–Kier alpha value is -5.50. The van der Waals surface area contributed by atoms with Crippen LogP contribution in [0, 0.1) is 0 Å². The van der Waals surface area contributed by atoms with Crippen molar-refractivity contribution in [3.05, 3.63) is 120 Å². The van der Waals surface area contributed by atoms with E-state index < -0.39 is 41.9 Å². The molecule has 5 aromatic rings. The van der Waals surface area contributed by atoms with E-state index in [9.17, 15) is 34.8 Å². The molecule has 0 saturated heterocycles. The first-order valence-electron chi connectivity index (χ1n) is 13.6. The van der Waals surface area contributed by atoms with Crippen LogP contribution in [0.25, 0.3) is 0 Å². The maximum absolute atomic E-state index is 12.0. The Bertz CT molecular complexity index is 2180. The van der Waals surface area contributed by atoms with Gasteiger partial charge in [-0.2, -0.15) is 0 Å². The van der Waals surface area contributed by atoms with Crippen LogP contribution in [0.3, 0.4) is 0 Å². The van der Waals surface area contributed by atoms with Crippen molar-refractivity contribution in [1.29, 1.82) is 0 Å². The van der Waals surface area contributed by atoms with E-state index in [1.165, 1.54) is 102 Å². The quantitative estimate of drug-likeness (QED) is 0.125. The first-order valence-corrected chi connectivity index (χ1v) is 19.0. The van der Waals surface area contributed by atoms with Gasteiger partial charge in [0.2, 0.25) is 5.91 Å². The SMILES string of the molecule is CC(=O)NS(=O)(=O)c1ccc(N)cc1.Nc1ccc(S(=O)(=O)NC(=O)c2ccccc2)cc1.Nc1ccc(S(=O)(=O)Nc2nccs2)cc1. The molecular weight excluding hydrogens is 715 g/mol. The summed E-state index contributed by atoms with van der Waals surface area (Å²) in [6.45, 7) is 1.13. The molecule has 2 amide bonds. The fourth-order valence-corrected chi connectivity index (χ4v) is 7.22. The van der Waals surface area contributed by atoms with Gasteiger partial charge in [0.1, 0.15) is 0 Å². The molecule has 1 heterocycles. The van der Waals surface area contributed by atoms with E-state index in [-0.39, 0.29) is 20.2 Å². The lowest BCUT2D eigenvalue weighted by atomic mass is 10.2. The summed E-state index contributed by atoms with van der Waals surface area (Å²) >= 11 is 1.22. The third-order valence-electron chi connectivity index (χ3n) is 5.77. The molecule has 9 N–H and O–H groups in total. The second-order valence-electron chi connectivity index (χ2n) is 9.61. The van der Waals surface area contributed by atoms with Gasteiger partial charge >= 0.3 is 0 Å². The van der Waals surface area contributed by atoms with E-state index in [1.807, 2.05) is 9.44 Å². The molecule has 0 radical (unpaired) electrons. The highest BCUT2D eigenvalue weighted by atomic mass is 32.2. The van der Waals surface area contributed by atoms with Crippen LogP contribution in [0.1, 0.15) is 17.3 Å². The maximum atomic E-state index is 12.0. The van der Waals surface area contributed by atoms with Gasteiger partial charge in [0, 0.05) is 41.1 Å². The molecule has 0 aliphatic carbocycles. The third kappa shape index (κ3) is 11.9. The molecule has 19 heteroatoms. The third-order valence-corrected chi connectivity index (χ3v) is 10.7. The van der Waals surface area contributed by atoms with E-state index >= 15 is 0 Å². The molecule has 1 aromatic heterocycles. The van der Waals surface area contributed by atoms with Crippen LogP contribution in [-0.2, 0) is 34.9 Å². The first-order chi connectivity index (χ1) is 23.0. The monoisotopic (exact) mass is 745 g/mol. The smallest absolute Gasteiger partial charge is 0.264 e. The second-order valence-corrected chi connectivity index (χ2v) is 15.6. The van der Waals surface area contributed by atoms with E-state index in [2.05, 4.69) is 9.71 Å². The van der Waals surface area contributed by atoms with Crippen molar-refractivity contribution in [2.75, 3.05) is 21.9 Å². The van der Waals surface area contributed by atoms with Gasteiger partial charge in [0.15, 0.2) is 5.13 Å². The van der Waals surface area contributed by atoms with Gasteiger partial charge in [-0.3, -0.25) is 14.3 Å². The average Bonchev–Trinajstić information content (AvgIpc) is 3.54. The zero-order valence-corrected chi connectivity index (χ0v) is 28.8. The zero-order chi connectivity index (χ0) is 36.2. The topological polar surface area (TPSA) is 264 Å². The van der Waals surface area contributed by atoms with Crippen LogP contribution in [-0.4, -0.2) is 42.1 Å². The Morgan fingerprint density at radius 2 is 1.00 bits per heavy atom. The summed E-state index contributed by atoms with van der Waals surface area (Å²) in [5.74, 6) is -1.29. The van der Waals surface area contributed by atoms with Crippen molar-refractivity contribution in [1.82, 2.24) is 14.4 Å². The summed E-state index contributed by atoms with van der Waals surface area (Å²) < 4.78 is 76.5. The predicted octanol–water partition coefficient (Wildman–Crippen LogP) is 3.01. The summed E-state index contributed by atoms with van der Waals surface area (Å²) in [7, 11) is -11.2. The molecule has 0 spiro atoms. The number of aromatic nitrogens is 1. The molecule has 15 nitrogen and oxygen atoms in total. The molecule has 0 bridgehead atoms. The van der Waals surface area contributed by atoms with Crippen molar-refractivity contribution < 1.29 is 34.8 Å². The minimum atomic E-state index is -3.88. The number of carbonyl (C=O) groups excluding carboxylic acids is 2. The summed E-state index contributed by atoms with van der Waals surface area (Å²) in [6, 6.07) is 25.3. The highest BCUT2D eigenvalue weighted by Crippen LogP contribution is 2.18. The van der Waals surface area contributed by atoms with Gasteiger partial charge in [0.05, 0.1) is 14.7 Å². The van der Waals surface area contributed by atoms with Gasteiger partial charge in [-0.1, -0.05) is 18.2 Å². The second kappa shape index (κ2) is 16.6. The Morgan fingerprint density at radius 1 is 0.592 bits per heavy atom. The number of benzene rings is 4. The van der Waals surface area contributed by atoms with E-state index in [0.29, 0.717) is 22.2 Å². The van der Waals surface area contributed by atoms with Crippen molar-refractivity contribution >= 4 is 75.4 Å². The number of nitrogens with two attached hydrogens (primary N) is 3. The standard InChI is InChI=1S/C13H12N2O3S.C9H9N3O2S2.C8H10N2O3S/c14-11-6-8-12(9-7-11)19(17,18)15-13(16)10-4-2-1-3-5-10;10-7-1-3-8(4-2-7)16(13,14)12-9-11-5-6-15-9;1-6(11)10-14(12,13)8-4-2-7(9)3-5-8/h1-9H,14H2,(H,15,16);1-6H,10H2,(H,11,12);2-5H,9H2,1H3,(H,10,11). The summed E-state index contributed by atoms with van der Waals surface area (Å²) in [5, 5.41) is 2.04. The highest BCUT2D eigenvalue weighted by Gasteiger charge is 2.18.